The van der Waals surface area contributed by atoms with Gasteiger partial charge in [-0.15, -0.1) is 0 Å². The standard InChI is InChI=1S/C15H18N.C4H10O3S/c1-11-10-13-9-8-12-6-4-5-7-14(12)15(13)16(11,2)3;1-2-3-4-8(5,6)7/h4-9,11H,10H2,1-3H3;2-4H2,1H3,(H,5,6,7)/q+1;/p-1. The fourth-order valence-electron chi connectivity index (χ4n) is 3.23. The molecule has 1 unspecified atom stereocenters. The highest BCUT2D eigenvalue weighted by Gasteiger charge is 2.38. The summed E-state index contributed by atoms with van der Waals surface area (Å²) >= 11 is 0. The molecular formula is C19H27NO3S. The molecule has 132 valence electrons. The highest BCUT2D eigenvalue weighted by molar-refractivity contribution is 7.85. The maximum atomic E-state index is 9.83. The molecule has 0 amide bonds. The number of hydrogen-bond donors (Lipinski definition) is 0. The molecule has 4 nitrogen and oxygen atoms in total. The Morgan fingerprint density at radius 2 is 1.83 bits per heavy atom. The van der Waals surface area contributed by atoms with E-state index in [0.717, 1.165) is 10.9 Å². The summed E-state index contributed by atoms with van der Waals surface area (Å²) in [6, 6.07) is 14.0. The van der Waals surface area contributed by atoms with Gasteiger partial charge in [0.1, 0.15) is 5.69 Å². The van der Waals surface area contributed by atoms with E-state index < -0.39 is 10.1 Å². The zero-order valence-electron chi connectivity index (χ0n) is 15.0. The molecule has 3 rings (SSSR count). The molecule has 0 fully saturated rings. The van der Waals surface area contributed by atoms with Gasteiger partial charge in [-0.1, -0.05) is 43.7 Å². The van der Waals surface area contributed by atoms with Crippen molar-refractivity contribution in [2.24, 2.45) is 0 Å². The fourth-order valence-corrected chi connectivity index (χ4v) is 3.88. The van der Waals surface area contributed by atoms with E-state index in [0.29, 0.717) is 12.5 Å². The number of fused-ring (bicyclic) bond motifs is 3. The molecule has 0 bridgehead atoms. The van der Waals surface area contributed by atoms with Crippen LogP contribution in [0.25, 0.3) is 10.8 Å². The lowest BCUT2D eigenvalue weighted by atomic mass is 10.0. The van der Waals surface area contributed by atoms with Gasteiger partial charge in [0.05, 0.1) is 30.3 Å². The van der Waals surface area contributed by atoms with Crippen molar-refractivity contribution in [1.29, 1.82) is 0 Å². The van der Waals surface area contributed by atoms with Crippen molar-refractivity contribution in [3.63, 3.8) is 0 Å². The van der Waals surface area contributed by atoms with Crippen molar-refractivity contribution in [2.75, 3.05) is 19.8 Å². The van der Waals surface area contributed by atoms with Crippen LogP contribution in [0.2, 0.25) is 0 Å². The lowest BCUT2D eigenvalue weighted by molar-refractivity contribution is 0.339. The average molecular weight is 349 g/mol. The third kappa shape index (κ3) is 4.15. The molecule has 0 N–H and O–H groups in total. The molecule has 0 saturated heterocycles. The van der Waals surface area contributed by atoms with Crippen LogP contribution in [-0.2, 0) is 16.5 Å². The molecule has 2 aromatic carbocycles. The zero-order chi connectivity index (χ0) is 18.0. The highest BCUT2D eigenvalue weighted by atomic mass is 32.2. The predicted octanol–water partition coefficient (Wildman–Crippen LogP) is 3.68. The molecule has 5 heteroatoms. The van der Waals surface area contributed by atoms with Gasteiger partial charge >= 0.3 is 0 Å². The first-order chi connectivity index (χ1) is 11.2. The number of likely N-dealkylation sites (N-methyl/N-ethyl adjacent to an activating group) is 1. The highest BCUT2D eigenvalue weighted by Crippen LogP contribution is 2.41. The lowest BCUT2D eigenvalue weighted by Gasteiger charge is -2.30. The van der Waals surface area contributed by atoms with Crippen LogP contribution in [0.3, 0.4) is 0 Å². The smallest absolute Gasteiger partial charge is 0.144 e. The zero-order valence-corrected chi connectivity index (χ0v) is 15.8. The first kappa shape index (κ1) is 18.9. The summed E-state index contributed by atoms with van der Waals surface area (Å²) < 4.78 is 30.5. The molecule has 24 heavy (non-hydrogen) atoms. The Kier molecular flexibility index (Phi) is 5.68. The van der Waals surface area contributed by atoms with E-state index in [4.69, 9.17) is 0 Å². The summed E-state index contributed by atoms with van der Waals surface area (Å²) in [5.74, 6) is -0.219. The molecule has 1 aliphatic rings. The summed E-state index contributed by atoms with van der Waals surface area (Å²) in [6.45, 7) is 4.18. The van der Waals surface area contributed by atoms with Crippen LogP contribution in [0.15, 0.2) is 36.4 Å². The van der Waals surface area contributed by atoms with E-state index in [1.807, 2.05) is 6.92 Å². The minimum absolute atomic E-state index is 0.219. The summed E-state index contributed by atoms with van der Waals surface area (Å²) in [6.07, 6.45) is 2.43. The normalized spacial score (nSPS) is 18.8. The van der Waals surface area contributed by atoms with Crippen molar-refractivity contribution < 1.29 is 13.0 Å². The lowest BCUT2D eigenvalue weighted by Crippen LogP contribution is -2.45. The van der Waals surface area contributed by atoms with Crippen LogP contribution in [0.1, 0.15) is 32.3 Å². The second kappa shape index (κ2) is 7.21. The van der Waals surface area contributed by atoms with Crippen LogP contribution in [0, 0.1) is 0 Å². The summed E-state index contributed by atoms with van der Waals surface area (Å²) in [5.41, 5.74) is 3.04. The number of unbranched alkanes of at least 4 members (excludes halogenated alkanes) is 1. The van der Waals surface area contributed by atoms with Crippen LogP contribution in [-0.4, -0.2) is 38.9 Å². The van der Waals surface area contributed by atoms with Crippen LogP contribution in [0.5, 0.6) is 0 Å². The maximum Gasteiger partial charge on any atom is 0.144 e. The Balaban J connectivity index is 0.000000224. The van der Waals surface area contributed by atoms with Gasteiger partial charge in [-0.3, -0.25) is 4.48 Å². The van der Waals surface area contributed by atoms with E-state index in [-0.39, 0.29) is 5.75 Å². The Morgan fingerprint density at radius 1 is 1.17 bits per heavy atom. The molecule has 1 aliphatic heterocycles. The van der Waals surface area contributed by atoms with Gasteiger partial charge in [-0.25, -0.2) is 8.42 Å². The van der Waals surface area contributed by atoms with Crippen LogP contribution >= 0.6 is 0 Å². The molecule has 1 atom stereocenters. The van der Waals surface area contributed by atoms with Crippen molar-refractivity contribution in [3.8, 4) is 0 Å². The topological polar surface area (TPSA) is 57.2 Å². The third-order valence-corrected chi connectivity index (χ3v) is 5.71. The second-order valence-corrected chi connectivity index (χ2v) is 8.53. The van der Waals surface area contributed by atoms with Gasteiger partial charge in [-0.05, 0) is 24.8 Å². The van der Waals surface area contributed by atoms with E-state index in [1.165, 1.54) is 28.4 Å². The van der Waals surface area contributed by atoms with Gasteiger partial charge in [0.2, 0.25) is 0 Å². The van der Waals surface area contributed by atoms with Crippen molar-refractivity contribution in [2.45, 2.75) is 39.2 Å². The van der Waals surface area contributed by atoms with Gasteiger partial charge in [-0.2, -0.15) is 0 Å². The summed E-state index contributed by atoms with van der Waals surface area (Å²) in [5, 5.41) is 2.79. The number of hydrogen-bond acceptors (Lipinski definition) is 3. The number of rotatable bonds is 3. The first-order valence-electron chi connectivity index (χ1n) is 8.45. The van der Waals surface area contributed by atoms with Crippen LogP contribution in [0.4, 0.5) is 5.69 Å². The van der Waals surface area contributed by atoms with Gasteiger partial charge in [0.15, 0.2) is 0 Å². The Bertz CT molecular complexity index is 812. The average Bonchev–Trinajstić information content (AvgIpc) is 2.75. The number of quaternary nitrogens is 1. The quantitative estimate of drug-likeness (QED) is 0.627. The van der Waals surface area contributed by atoms with E-state index in [2.05, 4.69) is 57.4 Å². The number of nitrogens with zero attached hydrogens (tertiary/aromatic N) is 1. The molecule has 0 aliphatic carbocycles. The van der Waals surface area contributed by atoms with Crippen molar-refractivity contribution in [1.82, 2.24) is 4.48 Å². The van der Waals surface area contributed by atoms with E-state index >= 15 is 0 Å². The first-order valence-corrected chi connectivity index (χ1v) is 10.0. The molecular weight excluding hydrogens is 322 g/mol. The minimum atomic E-state index is -3.94. The third-order valence-electron chi connectivity index (χ3n) is 4.93. The Hall–Kier alpha value is -1.43. The van der Waals surface area contributed by atoms with Gasteiger partial charge < -0.3 is 4.55 Å². The van der Waals surface area contributed by atoms with Crippen molar-refractivity contribution in [3.05, 3.63) is 42.0 Å². The molecule has 0 radical (unpaired) electrons. The molecule has 0 saturated carbocycles. The maximum absolute atomic E-state index is 9.83. The Morgan fingerprint density at radius 3 is 2.42 bits per heavy atom. The molecule has 0 aromatic heterocycles. The number of benzene rings is 2. The second-order valence-electron chi connectivity index (χ2n) is 7.00. The predicted molar refractivity (Wildman–Crippen MR) is 100 cm³/mol. The van der Waals surface area contributed by atoms with Crippen molar-refractivity contribution >= 4 is 26.6 Å². The summed E-state index contributed by atoms with van der Waals surface area (Å²) in [7, 11) is 0.708. The Labute approximate surface area is 145 Å². The van der Waals surface area contributed by atoms with Crippen LogP contribution < -0.4 is 4.48 Å². The molecule has 1 heterocycles. The fraction of sp³-hybridized carbons (Fsp3) is 0.474. The minimum Gasteiger partial charge on any atom is -0.748 e. The summed E-state index contributed by atoms with van der Waals surface area (Å²) in [4.78, 5) is 0. The largest absolute Gasteiger partial charge is 0.748 e. The van der Waals surface area contributed by atoms with Gasteiger partial charge in [0, 0.05) is 23.1 Å². The SMILES string of the molecule is CC1Cc2ccc3ccccc3c2[N+]1(C)C.CCCCS(=O)(=O)[O-]. The molecule has 2 aromatic rings. The molecule has 0 spiro atoms. The van der Waals surface area contributed by atoms with E-state index in [9.17, 15) is 13.0 Å². The van der Waals surface area contributed by atoms with E-state index in [1.54, 1.807) is 0 Å². The monoisotopic (exact) mass is 349 g/mol. The van der Waals surface area contributed by atoms with Gasteiger partial charge in [0.25, 0.3) is 0 Å².